The van der Waals surface area contributed by atoms with Gasteiger partial charge in [-0.3, -0.25) is 14.6 Å². The number of hydrogen-bond acceptors (Lipinski definition) is 4. The van der Waals surface area contributed by atoms with Crippen molar-refractivity contribution in [3.8, 4) is 0 Å². The van der Waals surface area contributed by atoms with Gasteiger partial charge in [0.25, 0.3) is 0 Å². The summed E-state index contributed by atoms with van der Waals surface area (Å²) in [5, 5.41) is 5.00. The summed E-state index contributed by atoms with van der Waals surface area (Å²) in [7, 11) is 0. The van der Waals surface area contributed by atoms with E-state index in [4.69, 9.17) is 16.6 Å². The zero-order valence-corrected chi connectivity index (χ0v) is 16.8. The van der Waals surface area contributed by atoms with E-state index < -0.39 is 0 Å². The maximum Gasteiger partial charge on any atom is 0.237 e. The normalized spacial score (nSPS) is 20.0. The Morgan fingerprint density at radius 3 is 2.67 bits per heavy atom. The zero-order chi connectivity index (χ0) is 19.0. The second kappa shape index (κ2) is 7.74. The Kier molecular flexibility index (Phi) is 5.35. The minimum Gasteiger partial charge on any atom is -0.352 e. The van der Waals surface area contributed by atoms with Crippen molar-refractivity contribution in [2.24, 2.45) is 0 Å². The van der Waals surface area contributed by atoms with E-state index in [0.717, 1.165) is 72.7 Å². The maximum atomic E-state index is 12.3. The van der Waals surface area contributed by atoms with Gasteiger partial charge in [0.15, 0.2) is 0 Å². The molecule has 1 amide bonds. The lowest BCUT2D eigenvalue weighted by atomic mass is 10.1. The molecule has 144 valence electrons. The monoisotopic (exact) mass is 386 g/mol. The number of halogens is 1. The van der Waals surface area contributed by atoms with Crippen molar-refractivity contribution in [2.45, 2.75) is 45.3 Å². The summed E-state index contributed by atoms with van der Waals surface area (Å²) in [6.07, 6.45) is 2.26. The SMILES string of the molecule is Cc1c(Cl)c(CN2CCN(C(C)C(=O)NC3CC3)CC2)nc2ccccc12. The van der Waals surface area contributed by atoms with E-state index in [0.29, 0.717) is 6.04 Å². The largest absolute Gasteiger partial charge is 0.352 e. The lowest BCUT2D eigenvalue weighted by Crippen LogP contribution is -2.53. The van der Waals surface area contributed by atoms with Gasteiger partial charge in [-0.05, 0) is 38.3 Å². The molecule has 4 rings (SSSR count). The number of carbonyl (C=O) groups excluding carboxylic acids is 1. The van der Waals surface area contributed by atoms with Gasteiger partial charge < -0.3 is 5.32 Å². The number of piperazine rings is 1. The number of aromatic nitrogens is 1. The van der Waals surface area contributed by atoms with Gasteiger partial charge in [0.1, 0.15) is 0 Å². The van der Waals surface area contributed by atoms with Gasteiger partial charge in [0, 0.05) is 44.2 Å². The van der Waals surface area contributed by atoms with Crippen LogP contribution in [0.25, 0.3) is 10.9 Å². The number of fused-ring (bicyclic) bond motifs is 1. The number of nitrogens with zero attached hydrogens (tertiary/aromatic N) is 3. The van der Waals surface area contributed by atoms with Gasteiger partial charge >= 0.3 is 0 Å². The number of aryl methyl sites for hydroxylation is 1. The van der Waals surface area contributed by atoms with Gasteiger partial charge in [-0.1, -0.05) is 29.8 Å². The summed E-state index contributed by atoms with van der Waals surface area (Å²) in [6, 6.07) is 8.51. The number of rotatable bonds is 5. The van der Waals surface area contributed by atoms with Crippen LogP contribution in [-0.2, 0) is 11.3 Å². The van der Waals surface area contributed by atoms with Crippen molar-refractivity contribution < 1.29 is 4.79 Å². The third-order valence-corrected chi connectivity index (χ3v) is 6.28. The van der Waals surface area contributed by atoms with Crippen LogP contribution in [-0.4, -0.2) is 59.0 Å². The molecular weight excluding hydrogens is 360 g/mol. The first-order valence-corrected chi connectivity index (χ1v) is 10.2. The zero-order valence-electron chi connectivity index (χ0n) is 16.0. The van der Waals surface area contributed by atoms with E-state index >= 15 is 0 Å². The molecule has 1 atom stereocenters. The fourth-order valence-electron chi connectivity index (χ4n) is 3.76. The van der Waals surface area contributed by atoms with Crippen LogP contribution in [0.1, 0.15) is 31.0 Å². The van der Waals surface area contributed by atoms with Crippen LogP contribution in [0.3, 0.4) is 0 Å². The highest BCUT2D eigenvalue weighted by Gasteiger charge is 2.30. The molecule has 2 aliphatic rings. The molecule has 27 heavy (non-hydrogen) atoms. The lowest BCUT2D eigenvalue weighted by molar-refractivity contribution is -0.126. The third kappa shape index (κ3) is 4.10. The number of nitrogens with one attached hydrogen (secondary N) is 1. The van der Waals surface area contributed by atoms with E-state index in [1.807, 2.05) is 25.1 Å². The second-order valence-electron chi connectivity index (χ2n) is 7.79. The Morgan fingerprint density at radius 1 is 1.26 bits per heavy atom. The smallest absolute Gasteiger partial charge is 0.237 e. The van der Waals surface area contributed by atoms with Crippen LogP contribution in [0.5, 0.6) is 0 Å². The fraction of sp³-hybridized carbons (Fsp3) is 0.524. The van der Waals surface area contributed by atoms with Crippen LogP contribution in [0, 0.1) is 6.92 Å². The molecule has 2 heterocycles. The maximum absolute atomic E-state index is 12.3. The molecule has 1 aliphatic heterocycles. The van der Waals surface area contributed by atoms with Gasteiger partial charge in [-0.2, -0.15) is 0 Å². The molecule has 1 unspecified atom stereocenters. The topological polar surface area (TPSA) is 48.5 Å². The minimum atomic E-state index is -0.0580. The van der Waals surface area contributed by atoms with Crippen molar-refractivity contribution in [2.75, 3.05) is 26.2 Å². The lowest BCUT2D eigenvalue weighted by Gasteiger charge is -2.37. The number of benzene rings is 1. The van der Waals surface area contributed by atoms with Gasteiger partial charge in [-0.15, -0.1) is 0 Å². The van der Waals surface area contributed by atoms with Crippen molar-refractivity contribution >= 4 is 28.4 Å². The van der Waals surface area contributed by atoms with E-state index in [-0.39, 0.29) is 11.9 Å². The Morgan fingerprint density at radius 2 is 1.96 bits per heavy atom. The van der Waals surface area contributed by atoms with Crippen molar-refractivity contribution in [3.63, 3.8) is 0 Å². The van der Waals surface area contributed by atoms with Crippen LogP contribution in [0.2, 0.25) is 5.02 Å². The quantitative estimate of drug-likeness (QED) is 0.858. The average Bonchev–Trinajstić information content (AvgIpc) is 3.50. The van der Waals surface area contributed by atoms with Gasteiger partial charge in [0.2, 0.25) is 5.91 Å². The molecule has 1 aliphatic carbocycles. The molecule has 6 heteroatoms. The number of para-hydroxylation sites is 1. The van der Waals surface area contributed by atoms with E-state index in [9.17, 15) is 4.79 Å². The predicted octanol–water partition coefficient (Wildman–Crippen LogP) is 2.98. The van der Waals surface area contributed by atoms with Crippen molar-refractivity contribution in [1.82, 2.24) is 20.1 Å². The molecule has 1 N–H and O–H groups in total. The Balaban J connectivity index is 1.38. The molecule has 0 radical (unpaired) electrons. The molecule has 1 aromatic carbocycles. The Hall–Kier alpha value is -1.69. The predicted molar refractivity (Wildman–Crippen MR) is 109 cm³/mol. The number of carbonyl (C=O) groups is 1. The second-order valence-corrected chi connectivity index (χ2v) is 8.16. The minimum absolute atomic E-state index is 0.0580. The highest BCUT2D eigenvalue weighted by molar-refractivity contribution is 6.32. The summed E-state index contributed by atoms with van der Waals surface area (Å²) in [6.45, 7) is 8.45. The van der Waals surface area contributed by atoms with E-state index in [1.54, 1.807) is 0 Å². The van der Waals surface area contributed by atoms with Crippen molar-refractivity contribution in [3.05, 3.63) is 40.5 Å². The molecule has 0 spiro atoms. The third-order valence-electron chi connectivity index (χ3n) is 5.78. The number of pyridine rings is 1. The van der Waals surface area contributed by atoms with E-state index in [2.05, 4.69) is 28.1 Å². The molecule has 2 fully saturated rings. The van der Waals surface area contributed by atoms with E-state index in [1.165, 1.54) is 0 Å². The van der Waals surface area contributed by atoms with Crippen LogP contribution >= 0.6 is 11.6 Å². The van der Waals surface area contributed by atoms with Crippen LogP contribution in [0.15, 0.2) is 24.3 Å². The van der Waals surface area contributed by atoms with Crippen LogP contribution in [0.4, 0.5) is 0 Å². The number of amides is 1. The highest BCUT2D eigenvalue weighted by atomic mass is 35.5. The summed E-state index contributed by atoms with van der Waals surface area (Å²) in [5.74, 6) is 0.167. The van der Waals surface area contributed by atoms with Crippen LogP contribution < -0.4 is 5.32 Å². The Labute approximate surface area is 165 Å². The molecule has 1 saturated heterocycles. The summed E-state index contributed by atoms with van der Waals surface area (Å²) in [5.41, 5.74) is 3.04. The first-order valence-electron chi connectivity index (χ1n) is 9.83. The fourth-order valence-corrected chi connectivity index (χ4v) is 3.96. The Bertz CT molecular complexity index is 843. The first-order chi connectivity index (χ1) is 13.0. The summed E-state index contributed by atoms with van der Waals surface area (Å²) < 4.78 is 0. The molecule has 1 saturated carbocycles. The number of hydrogen-bond donors (Lipinski definition) is 1. The van der Waals surface area contributed by atoms with Gasteiger partial charge in [0.05, 0.1) is 22.3 Å². The average molecular weight is 387 g/mol. The van der Waals surface area contributed by atoms with Gasteiger partial charge in [-0.25, -0.2) is 4.98 Å². The van der Waals surface area contributed by atoms with Crippen molar-refractivity contribution in [1.29, 1.82) is 0 Å². The molecule has 1 aromatic heterocycles. The molecule has 5 nitrogen and oxygen atoms in total. The molecule has 0 bridgehead atoms. The molecular formula is C21H27ClN4O. The molecule has 2 aromatic rings. The first kappa shape index (κ1) is 18.7. The summed E-state index contributed by atoms with van der Waals surface area (Å²) >= 11 is 6.61. The highest BCUT2D eigenvalue weighted by Crippen LogP contribution is 2.28. The standard InChI is InChI=1S/C21H27ClN4O/c1-14-17-5-3-4-6-18(17)24-19(20(14)22)13-25-9-11-26(12-10-25)15(2)21(27)23-16-7-8-16/h3-6,15-16H,7-13H2,1-2H3,(H,23,27). The summed E-state index contributed by atoms with van der Waals surface area (Å²) in [4.78, 5) is 21.7.